The van der Waals surface area contributed by atoms with Crippen molar-refractivity contribution >= 4 is 18.2 Å². The molecule has 0 aliphatic rings. The number of benzene rings is 1. The first-order chi connectivity index (χ1) is 12.5. The molecular formula is C19H29N3O4. The summed E-state index contributed by atoms with van der Waals surface area (Å²) in [5.74, 6) is -0.315. The minimum Gasteiger partial charge on any atom is -0.375 e. The Hall–Kier alpha value is -2.41. The summed E-state index contributed by atoms with van der Waals surface area (Å²) >= 11 is 0. The van der Waals surface area contributed by atoms with Gasteiger partial charge in [0.2, 0.25) is 18.2 Å². The number of primary amides is 1. The Morgan fingerprint density at radius 1 is 1.15 bits per heavy atom. The molecule has 0 saturated carbocycles. The van der Waals surface area contributed by atoms with Crippen molar-refractivity contribution in [2.24, 2.45) is 5.73 Å². The van der Waals surface area contributed by atoms with E-state index in [1.807, 2.05) is 12.1 Å². The van der Waals surface area contributed by atoms with Crippen LogP contribution in [-0.2, 0) is 32.1 Å². The number of hydrogen-bond donors (Lipinski definition) is 3. The van der Waals surface area contributed by atoms with Gasteiger partial charge < -0.3 is 21.1 Å². The second-order valence-electron chi connectivity index (χ2n) is 6.20. The van der Waals surface area contributed by atoms with Crippen LogP contribution in [0.25, 0.3) is 0 Å². The maximum Gasteiger partial charge on any atom is 0.219 e. The zero-order chi connectivity index (χ0) is 19.2. The van der Waals surface area contributed by atoms with Crippen LogP contribution in [0, 0.1) is 0 Å². The Balaban J connectivity index is 2.29. The van der Waals surface area contributed by atoms with Gasteiger partial charge in [0.15, 0.2) is 0 Å². The van der Waals surface area contributed by atoms with Crippen LogP contribution in [0.2, 0.25) is 0 Å². The fourth-order valence-corrected chi connectivity index (χ4v) is 2.49. The highest BCUT2D eigenvalue weighted by Crippen LogP contribution is 2.10. The molecule has 1 rings (SSSR count). The molecule has 0 bridgehead atoms. The molecule has 3 amide bonds. The highest BCUT2D eigenvalue weighted by Gasteiger charge is 2.09. The van der Waals surface area contributed by atoms with E-state index in [-0.39, 0.29) is 18.4 Å². The SMILES string of the molecule is CNC(=O)CCCCc1ccc(COC[C@H](CCC(N)=O)NC=O)cc1. The number of carbonyl (C=O) groups is 3. The largest absolute Gasteiger partial charge is 0.375 e. The first-order valence-electron chi connectivity index (χ1n) is 8.89. The minimum absolute atomic E-state index is 0.0794. The van der Waals surface area contributed by atoms with Gasteiger partial charge in [0.05, 0.1) is 19.3 Å². The standard InChI is InChI=1S/C19H29N3O4/c1-21-19(25)5-3-2-4-15-6-8-16(9-7-15)12-26-13-17(22-14-23)10-11-18(20)24/h6-9,14,17H,2-5,10-13H2,1H3,(H2,20,24)(H,21,25)(H,22,23)/t17-/m0/s1. The second kappa shape index (κ2) is 12.9. The molecule has 0 spiro atoms. The molecule has 1 aromatic rings. The van der Waals surface area contributed by atoms with E-state index in [2.05, 4.69) is 22.8 Å². The second-order valence-corrected chi connectivity index (χ2v) is 6.20. The van der Waals surface area contributed by atoms with Gasteiger partial charge in [-0.1, -0.05) is 24.3 Å². The van der Waals surface area contributed by atoms with Crippen LogP contribution in [0.5, 0.6) is 0 Å². The summed E-state index contributed by atoms with van der Waals surface area (Å²) in [4.78, 5) is 32.6. The number of nitrogens with two attached hydrogens (primary N) is 1. The summed E-state index contributed by atoms with van der Waals surface area (Å²) in [6, 6.07) is 7.93. The fraction of sp³-hybridized carbons (Fsp3) is 0.526. The Kier molecular flexibility index (Phi) is 10.7. The normalized spacial score (nSPS) is 11.6. The number of aryl methyl sites for hydroxylation is 1. The van der Waals surface area contributed by atoms with E-state index in [1.165, 1.54) is 5.56 Å². The lowest BCUT2D eigenvalue weighted by Crippen LogP contribution is -2.33. The molecule has 0 fully saturated rings. The van der Waals surface area contributed by atoms with Crippen molar-refractivity contribution in [3.63, 3.8) is 0 Å². The molecular weight excluding hydrogens is 334 g/mol. The predicted octanol–water partition coefficient (Wildman–Crippen LogP) is 1.04. The smallest absolute Gasteiger partial charge is 0.219 e. The van der Waals surface area contributed by atoms with Crippen molar-refractivity contribution in [3.8, 4) is 0 Å². The summed E-state index contributed by atoms with van der Waals surface area (Å²) in [6.07, 6.45) is 4.63. The number of rotatable bonds is 14. The lowest BCUT2D eigenvalue weighted by molar-refractivity contribution is -0.120. The molecule has 0 unspecified atom stereocenters. The van der Waals surface area contributed by atoms with Crippen LogP contribution < -0.4 is 16.4 Å². The molecule has 4 N–H and O–H groups in total. The number of hydrogen-bond acceptors (Lipinski definition) is 4. The van der Waals surface area contributed by atoms with E-state index in [4.69, 9.17) is 10.5 Å². The van der Waals surface area contributed by atoms with E-state index in [9.17, 15) is 14.4 Å². The van der Waals surface area contributed by atoms with Gasteiger partial charge in [0, 0.05) is 19.9 Å². The predicted molar refractivity (Wildman–Crippen MR) is 99.1 cm³/mol. The minimum atomic E-state index is -0.395. The van der Waals surface area contributed by atoms with Crippen molar-refractivity contribution in [2.45, 2.75) is 51.2 Å². The van der Waals surface area contributed by atoms with Crippen molar-refractivity contribution in [2.75, 3.05) is 13.7 Å². The first kappa shape index (κ1) is 21.6. The van der Waals surface area contributed by atoms with Crippen molar-refractivity contribution in [1.82, 2.24) is 10.6 Å². The van der Waals surface area contributed by atoms with Crippen LogP contribution >= 0.6 is 0 Å². The van der Waals surface area contributed by atoms with Gasteiger partial charge in [0.1, 0.15) is 0 Å². The van der Waals surface area contributed by atoms with E-state index in [0.29, 0.717) is 32.5 Å². The number of nitrogens with one attached hydrogen (secondary N) is 2. The third kappa shape index (κ3) is 9.78. The third-order valence-electron chi connectivity index (χ3n) is 4.05. The average molecular weight is 363 g/mol. The van der Waals surface area contributed by atoms with Gasteiger partial charge in [-0.3, -0.25) is 14.4 Å². The number of carbonyl (C=O) groups excluding carboxylic acids is 3. The molecule has 0 aliphatic carbocycles. The van der Waals surface area contributed by atoms with E-state index in [0.717, 1.165) is 24.8 Å². The van der Waals surface area contributed by atoms with Crippen molar-refractivity contribution < 1.29 is 19.1 Å². The zero-order valence-electron chi connectivity index (χ0n) is 15.3. The lowest BCUT2D eigenvalue weighted by Gasteiger charge is -2.15. The van der Waals surface area contributed by atoms with Crippen molar-refractivity contribution in [3.05, 3.63) is 35.4 Å². The molecule has 1 aromatic carbocycles. The van der Waals surface area contributed by atoms with Gasteiger partial charge >= 0.3 is 0 Å². The van der Waals surface area contributed by atoms with Gasteiger partial charge in [-0.2, -0.15) is 0 Å². The van der Waals surface area contributed by atoms with Gasteiger partial charge in [-0.25, -0.2) is 0 Å². The Labute approximate surface area is 154 Å². The molecule has 0 aromatic heterocycles. The molecule has 0 saturated heterocycles. The average Bonchev–Trinajstić information content (AvgIpc) is 2.64. The quantitative estimate of drug-likeness (QED) is 0.339. The molecule has 0 aliphatic heterocycles. The monoisotopic (exact) mass is 363 g/mol. The van der Waals surface area contributed by atoms with Gasteiger partial charge in [-0.05, 0) is 36.8 Å². The Morgan fingerprint density at radius 2 is 1.85 bits per heavy atom. The topological polar surface area (TPSA) is 111 Å². The summed E-state index contributed by atoms with van der Waals surface area (Å²) in [6.45, 7) is 0.762. The summed E-state index contributed by atoms with van der Waals surface area (Å²) < 4.78 is 5.63. The van der Waals surface area contributed by atoms with E-state index in [1.54, 1.807) is 7.05 Å². The van der Waals surface area contributed by atoms with Crippen molar-refractivity contribution in [1.29, 1.82) is 0 Å². The van der Waals surface area contributed by atoms with Crippen LogP contribution in [0.4, 0.5) is 0 Å². The van der Waals surface area contributed by atoms with Gasteiger partial charge in [0.25, 0.3) is 0 Å². The molecule has 144 valence electrons. The first-order valence-corrected chi connectivity index (χ1v) is 8.89. The number of ether oxygens (including phenoxy) is 1. The van der Waals surface area contributed by atoms with Crippen LogP contribution in [0.1, 0.15) is 43.2 Å². The van der Waals surface area contributed by atoms with E-state index < -0.39 is 5.91 Å². The molecule has 0 radical (unpaired) electrons. The fourth-order valence-electron chi connectivity index (χ4n) is 2.49. The Bertz CT molecular complexity index is 560. The maximum atomic E-state index is 11.2. The molecule has 7 nitrogen and oxygen atoms in total. The Morgan fingerprint density at radius 3 is 2.46 bits per heavy atom. The van der Waals surface area contributed by atoms with Crippen LogP contribution in [0.15, 0.2) is 24.3 Å². The highest BCUT2D eigenvalue weighted by molar-refractivity contribution is 5.75. The third-order valence-corrected chi connectivity index (χ3v) is 4.05. The molecule has 1 atom stereocenters. The molecule has 26 heavy (non-hydrogen) atoms. The summed E-state index contributed by atoms with van der Waals surface area (Å²) in [7, 11) is 1.65. The van der Waals surface area contributed by atoms with Gasteiger partial charge in [-0.15, -0.1) is 0 Å². The lowest BCUT2D eigenvalue weighted by atomic mass is 10.1. The molecule has 0 heterocycles. The van der Waals surface area contributed by atoms with E-state index >= 15 is 0 Å². The highest BCUT2D eigenvalue weighted by atomic mass is 16.5. The zero-order valence-corrected chi connectivity index (χ0v) is 15.3. The summed E-state index contributed by atoms with van der Waals surface area (Å²) in [5, 5.41) is 5.25. The summed E-state index contributed by atoms with van der Waals surface area (Å²) in [5.41, 5.74) is 7.39. The maximum absolute atomic E-state index is 11.2. The molecule has 7 heteroatoms. The number of amides is 3. The van der Waals surface area contributed by atoms with Crippen LogP contribution in [-0.4, -0.2) is 37.9 Å². The van der Waals surface area contributed by atoms with Crippen LogP contribution in [0.3, 0.4) is 0 Å². The number of unbranched alkanes of at least 4 members (excludes halogenated alkanes) is 1.